The molecule has 0 saturated carbocycles. The molecule has 0 unspecified atom stereocenters. The monoisotopic (exact) mass is 517 g/mol. The Morgan fingerprint density at radius 2 is 1.94 bits per heavy atom. The molecular weight excluding hydrogens is 506 g/mol. The van der Waals surface area contributed by atoms with Crippen molar-refractivity contribution in [2.75, 3.05) is 4.90 Å². The number of aromatic nitrogens is 4. The lowest BCUT2D eigenvalue weighted by atomic mass is 10.1. The van der Waals surface area contributed by atoms with Gasteiger partial charge in [0.1, 0.15) is 17.3 Å². The first kappa shape index (κ1) is 22.9. The van der Waals surface area contributed by atoms with Gasteiger partial charge in [-0.15, -0.1) is 10.2 Å². The lowest BCUT2D eigenvalue weighted by Gasteiger charge is -2.16. The average Bonchev–Trinajstić information content (AvgIpc) is 3.56. The minimum Gasteiger partial charge on any atom is -0.457 e. The fraction of sp³-hybridized carbons (Fsp3) is 0.0455. The molecule has 176 valence electrons. The van der Waals surface area contributed by atoms with Crippen molar-refractivity contribution in [1.29, 1.82) is 0 Å². The predicted molar refractivity (Wildman–Crippen MR) is 124 cm³/mol. The highest BCUT2D eigenvalue weighted by Gasteiger charge is 2.36. The van der Waals surface area contributed by atoms with E-state index in [0.717, 1.165) is 28.8 Å². The maximum absolute atomic E-state index is 14.2. The largest absolute Gasteiger partial charge is 0.457 e. The molecule has 7 nitrogen and oxygen atoms in total. The fourth-order valence-electron chi connectivity index (χ4n) is 3.35. The second-order valence-corrected chi connectivity index (χ2v) is 8.87. The summed E-state index contributed by atoms with van der Waals surface area (Å²) in [6.07, 6.45) is -3.11. The third-order valence-corrected chi connectivity index (χ3v) is 6.26. The number of carbonyl (C=O) groups excluding carboxylic acids is 1. The molecule has 13 heteroatoms. The maximum atomic E-state index is 14.2. The van der Waals surface area contributed by atoms with Crippen LogP contribution in [0, 0.1) is 5.82 Å². The average molecular weight is 517 g/mol. The number of anilines is 1. The molecule has 1 saturated heterocycles. The van der Waals surface area contributed by atoms with Crippen LogP contribution in [0.2, 0.25) is 0 Å². The topological polar surface area (TPSA) is 87.9 Å². The highest BCUT2D eigenvalue weighted by atomic mass is 32.2. The van der Waals surface area contributed by atoms with Crippen LogP contribution in [0.15, 0.2) is 63.9 Å². The van der Waals surface area contributed by atoms with Gasteiger partial charge in [0.15, 0.2) is 4.32 Å². The number of carbonyl (C=O) groups is 1. The summed E-state index contributed by atoms with van der Waals surface area (Å²) in [7, 11) is 0. The predicted octanol–water partition coefficient (Wildman–Crippen LogP) is 5.69. The molecule has 4 aromatic rings. The second kappa shape index (κ2) is 8.74. The number of halogens is 4. The van der Waals surface area contributed by atoms with Gasteiger partial charge in [-0.25, -0.2) is 4.39 Å². The van der Waals surface area contributed by atoms with E-state index in [1.165, 1.54) is 36.4 Å². The molecule has 3 heterocycles. The summed E-state index contributed by atoms with van der Waals surface area (Å²) >= 11 is 6.18. The van der Waals surface area contributed by atoms with E-state index in [4.69, 9.17) is 16.6 Å². The zero-order chi connectivity index (χ0) is 24.7. The van der Waals surface area contributed by atoms with Gasteiger partial charge in [0.25, 0.3) is 5.91 Å². The number of furan rings is 1. The van der Waals surface area contributed by atoms with E-state index in [-0.39, 0.29) is 26.3 Å². The van der Waals surface area contributed by atoms with Crippen molar-refractivity contribution in [3.8, 4) is 22.7 Å². The third-order valence-electron chi connectivity index (χ3n) is 4.96. The molecule has 2 aromatic heterocycles. The number of tetrazole rings is 1. The Bertz CT molecular complexity index is 1480. The molecule has 0 atom stereocenters. The van der Waals surface area contributed by atoms with Crippen molar-refractivity contribution in [1.82, 2.24) is 20.6 Å². The Morgan fingerprint density at radius 1 is 1.11 bits per heavy atom. The van der Waals surface area contributed by atoms with Gasteiger partial charge < -0.3 is 4.42 Å². The first-order valence-electron chi connectivity index (χ1n) is 9.79. The van der Waals surface area contributed by atoms with Crippen LogP contribution in [-0.4, -0.2) is 30.9 Å². The van der Waals surface area contributed by atoms with Gasteiger partial charge in [-0.1, -0.05) is 30.0 Å². The number of nitrogens with zero attached hydrogens (tertiary/aromatic N) is 4. The number of alkyl halides is 3. The fourth-order valence-corrected chi connectivity index (χ4v) is 4.63. The lowest BCUT2D eigenvalue weighted by molar-refractivity contribution is -0.137. The van der Waals surface area contributed by atoms with Gasteiger partial charge >= 0.3 is 6.18 Å². The number of hydrogen-bond acceptors (Lipinski definition) is 7. The molecule has 5 rings (SSSR count). The molecule has 1 N–H and O–H groups in total. The highest BCUT2D eigenvalue weighted by Crippen LogP contribution is 2.39. The smallest absolute Gasteiger partial charge is 0.416 e. The van der Waals surface area contributed by atoms with Gasteiger partial charge in [0, 0.05) is 11.6 Å². The number of nitrogens with one attached hydrogen (secondary N) is 1. The van der Waals surface area contributed by atoms with Crippen LogP contribution < -0.4 is 4.90 Å². The Labute approximate surface area is 203 Å². The van der Waals surface area contributed by atoms with Crippen molar-refractivity contribution in [2.45, 2.75) is 6.18 Å². The molecule has 2 aromatic carbocycles. The summed E-state index contributed by atoms with van der Waals surface area (Å²) < 4.78 is 59.3. The first-order valence-corrected chi connectivity index (χ1v) is 11.0. The Hall–Kier alpha value is -3.84. The SMILES string of the molecule is O=C1/C(=C/c2ccc(-c3ccc(F)c(-c4nn[nH]n4)c3)o2)SC(=S)N1c1cccc(C(F)(F)F)c1. The number of rotatable bonds is 4. The number of amides is 1. The molecule has 1 amide bonds. The van der Waals surface area contributed by atoms with Crippen molar-refractivity contribution < 1.29 is 26.8 Å². The van der Waals surface area contributed by atoms with Crippen LogP contribution in [0.4, 0.5) is 23.2 Å². The normalized spacial score (nSPS) is 15.4. The molecule has 0 radical (unpaired) electrons. The highest BCUT2D eigenvalue weighted by molar-refractivity contribution is 8.27. The molecule has 0 spiro atoms. The van der Waals surface area contributed by atoms with Crippen LogP contribution in [0.25, 0.3) is 28.8 Å². The second-order valence-electron chi connectivity index (χ2n) is 7.20. The summed E-state index contributed by atoms with van der Waals surface area (Å²) in [5.74, 6) is -0.350. The van der Waals surface area contributed by atoms with E-state index in [2.05, 4.69) is 20.6 Å². The summed E-state index contributed by atoms with van der Waals surface area (Å²) in [4.78, 5) is 14.2. The number of aromatic amines is 1. The lowest BCUT2D eigenvalue weighted by Crippen LogP contribution is -2.27. The van der Waals surface area contributed by atoms with Crippen LogP contribution in [-0.2, 0) is 11.0 Å². The van der Waals surface area contributed by atoms with Crippen molar-refractivity contribution in [3.05, 3.63) is 76.6 Å². The zero-order valence-electron chi connectivity index (χ0n) is 17.2. The van der Waals surface area contributed by atoms with Crippen LogP contribution in [0.5, 0.6) is 0 Å². The first-order chi connectivity index (χ1) is 16.7. The van der Waals surface area contributed by atoms with Crippen molar-refractivity contribution in [2.24, 2.45) is 0 Å². The van der Waals surface area contributed by atoms with Gasteiger partial charge in [0.2, 0.25) is 5.82 Å². The number of hydrogen-bond donors (Lipinski definition) is 1. The Kier molecular flexibility index (Phi) is 5.73. The number of thioether (sulfide) groups is 1. The van der Waals surface area contributed by atoms with Crippen molar-refractivity contribution >= 4 is 46.0 Å². The van der Waals surface area contributed by atoms with E-state index in [1.54, 1.807) is 12.1 Å². The summed E-state index contributed by atoms with van der Waals surface area (Å²) in [6, 6.07) is 11.9. The minimum atomic E-state index is -4.55. The van der Waals surface area contributed by atoms with E-state index in [9.17, 15) is 22.4 Å². The van der Waals surface area contributed by atoms with E-state index >= 15 is 0 Å². The molecule has 0 bridgehead atoms. The maximum Gasteiger partial charge on any atom is 0.416 e. The Balaban J connectivity index is 1.42. The number of thiocarbonyl (C=S) groups is 1. The van der Waals surface area contributed by atoms with E-state index in [1.807, 2.05) is 0 Å². The van der Waals surface area contributed by atoms with Gasteiger partial charge in [-0.2, -0.15) is 18.4 Å². The van der Waals surface area contributed by atoms with Crippen LogP contribution in [0.1, 0.15) is 11.3 Å². The molecule has 1 fully saturated rings. The summed E-state index contributed by atoms with van der Waals surface area (Å²) in [5, 5.41) is 13.2. The molecule has 35 heavy (non-hydrogen) atoms. The molecular formula is C22H11F4N5O2S2. The molecule has 1 aliphatic heterocycles. The Morgan fingerprint density at radius 3 is 2.69 bits per heavy atom. The van der Waals surface area contributed by atoms with Gasteiger partial charge in [-0.05, 0) is 53.7 Å². The van der Waals surface area contributed by atoms with Crippen LogP contribution in [0.3, 0.4) is 0 Å². The zero-order valence-corrected chi connectivity index (χ0v) is 18.8. The number of H-pyrrole nitrogens is 1. The quantitative estimate of drug-likeness (QED) is 0.211. The van der Waals surface area contributed by atoms with E-state index < -0.39 is 23.5 Å². The summed E-state index contributed by atoms with van der Waals surface area (Å²) in [5.41, 5.74) is -0.215. The summed E-state index contributed by atoms with van der Waals surface area (Å²) in [6.45, 7) is 0. The third kappa shape index (κ3) is 4.47. The minimum absolute atomic E-state index is 0.0196. The van der Waals surface area contributed by atoms with Gasteiger partial charge in [-0.3, -0.25) is 9.69 Å². The van der Waals surface area contributed by atoms with E-state index in [0.29, 0.717) is 17.1 Å². The number of benzene rings is 2. The van der Waals surface area contributed by atoms with Crippen LogP contribution >= 0.6 is 24.0 Å². The standard InChI is InChI=1S/C22H11F4N5O2S2/c23-16-6-4-11(8-15(16)19-27-29-30-28-19)17-7-5-14(33-17)10-18-20(32)31(21(34)35-18)13-3-1-2-12(9-13)22(24,25)26/h1-10H,(H,27,28,29,30)/b18-10-. The van der Waals surface area contributed by atoms with Gasteiger partial charge in [0.05, 0.1) is 21.7 Å². The molecule has 0 aliphatic carbocycles. The molecule has 1 aliphatic rings. The van der Waals surface area contributed by atoms with Crippen molar-refractivity contribution in [3.63, 3.8) is 0 Å².